The molecule has 1 heterocycles. The van der Waals surface area contributed by atoms with Crippen LogP contribution in [0.1, 0.15) is 5.56 Å². The van der Waals surface area contributed by atoms with E-state index in [-0.39, 0.29) is 6.61 Å². The quantitative estimate of drug-likeness (QED) is 0.342. The SMILES string of the molecule is Cc1ccccc1OCCNCC(O)COc1ccc2c(c1)Nc1ccccc1S2. The maximum Gasteiger partial charge on any atom is 0.122 e. The number of benzene rings is 3. The highest BCUT2D eigenvalue weighted by atomic mass is 32.2. The summed E-state index contributed by atoms with van der Waals surface area (Å²) in [6.45, 7) is 3.91. The summed E-state index contributed by atoms with van der Waals surface area (Å²) in [7, 11) is 0. The zero-order valence-corrected chi connectivity index (χ0v) is 17.7. The van der Waals surface area contributed by atoms with Gasteiger partial charge in [-0.05, 0) is 42.8 Å². The van der Waals surface area contributed by atoms with Gasteiger partial charge >= 0.3 is 0 Å². The van der Waals surface area contributed by atoms with Crippen molar-refractivity contribution in [2.75, 3.05) is 31.6 Å². The average Bonchev–Trinajstić information content (AvgIpc) is 2.77. The fourth-order valence-electron chi connectivity index (χ4n) is 3.18. The predicted molar refractivity (Wildman–Crippen MR) is 121 cm³/mol. The standard InChI is InChI=1S/C24H26N2O3S/c1-17-6-2-4-8-22(17)28-13-12-25-15-18(27)16-29-19-10-11-24-21(14-19)26-20-7-3-5-9-23(20)30-24/h2-11,14,18,25-27H,12-13,15-16H2,1H3. The van der Waals surface area contributed by atoms with Crippen molar-refractivity contribution in [3.8, 4) is 11.5 Å². The lowest BCUT2D eigenvalue weighted by atomic mass is 10.2. The van der Waals surface area contributed by atoms with Crippen LogP contribution in [-0.4, -0.2) is 37.5 Å². The number of para-hydroxylation sites is 2. The first kappa shape index (κ1) is 20.6. The Bertz CT molecular complexity index is 996. The number of hydrogen-bond donors (Lipinski definition) is 3. The van der Waals surface area contributed by atoms with Crippen LogP contribution in [0, 0.1) is 6.92 Å². The molecule has 0 spiro atoms. The minimum Gasteiger partial charge on any atom is -0.492 e. The van der Waals surface area contributed by atoms with E-state index >= 15 is 0 Å². The smallest absolute Gasteiger partial charge is 0.122 e. The van der Waals surface area contributed by atoms with Crippen LogP contribution in [-0.2, 0) is 0 Å². The third kappa shape index (κ3) is 5.27. The molecule has 0 aliphatic carbocycles. The molecule has 0 bridgehead atoms. The van der Waals surface area contributed by atoms with E-state index in [0.717, 1.165) is 33.3 Å². The maximum atomic E-state index is 10.2. The van der Waals surface area contributed by atoms with Gasteiger partial charge < -0.3 is 25.2 Å². The molecule has 0 saturated carbocycles. The summed E-state index contributed by atoms with van der Waals surface area (Å²) in [5, 5.41) is 16.8. The van der Waals surface area contributed by atoms with Gasteiger partial charge in [-0.2, -0.15) is 0 Å². The van der Waals surface area contributed by atoms with Crippen LogP contribution < -0.4 is 20.1 Å². The summed E-state index contributed by atoms with van der Waals surface area (Å²) in [6, 6.07) is 22.1. The number of hydrogen-bond acceptors (Lipinski definition) is 6. The Balaban J connectivity index is 1.18. The molecule has 0 saturated heterocycles. The Morgan fingerprint density at radius 3 is 2.67 bits per heavy atom. The Hall–Kier alpha value is -2.67. The molecule has 0 radical (unpaired) electrons. The summed E-state index contributed by atoms with van der Waals surface area (Å²) < 4.78 is 11.5. The third-order valence-electron chi connectivity index (χ3n) is 4.78. The number of rotatable bonds is 9. The number of ether oxygens (including phenoxy) is 2. The van der Waals surface area contributed by atoms with E-state index in [9.17, 15) is 5.11 Å². The van der Waals surface area contributed by atoms with Crippen molar-refractivity contribution < 1.29 is 14.6 Å². The minimum absolute atomic E-state index is 0.230. The first-order chi connectivity index (χ1) is 14.7. The molecule has 6 heteroatoms. The molecule has 0 amide bonds. The molecule has 1 aliphatic heterocycles. The molecule has 5 nitrogen and oxygen atoms in total. The second-order valence-electron chi connectivity index (χ2n) is 7.16. The fourth-order valence-corrected chi connectivity index (χ4v) is 4.15. The van der Waals surface area contributed by atoms with Crippen molar-refractivity contribution in [3.63, 3.8) is 0 Å². The number of aryl methyl sites for hydroxylation is 1. The van der Waals surface area contributed by atoms with Crippen molar-refractivity contribution in [2.45, 2.75) is 22.8 Å². The molecule has 1 unspecified atom stereocenters. The average molecular weight is 423 g/mol. The number of anilines is 2. The van der Waals surface area contributed by atoms with E-state index in [1.807, 2.05) is 61.5 Å². The van der Waals surface area contributed by atoms with Crippen molar-refractivity contribution in [1.29, 1.82) is 0 Å². The summed E-state index contributed by atoms with van der Waals surface area (Å²) in [5.74, 6) is 1.63. The third-order valence-corrected chi connectivity index (χ3v) is 5.93. The molecule has 0 fully saturated rings. The second-order valence-corrected chi connectivity index (χ2v) is 8.25. The highest BCUT2D eigenvalue weighted by Crippen LogP contribution is 2.44. The molecular weight excluding hydrogens is 396 g/mol. The molecule has 1 atom stereocenters. The van der Waals surface area contributed by atoms with Gasteiger partial charge in [0.15, 0.2) is 0 Å². The summed E-state index contributed by atoms with van der Waals surface area (Å²) in [5.41, 5.74) is 3.24. The normalized spacial score (nSPS) is 13.0. The van der Waals surface area contributed by atoms with Crippen molar-refractivity contribution >= 4 is 23.1 Å². The molecule has 1 aliphatic rings. The van der Waals surface area contributed by atoms with E-state index in [2.05, 4.69) is 22.8 Å². The van der Waals surface area contributed by atoms with E-state index in [4.69, 9.17) is 9.47 Å². The van der Waals surface area contributed by atoms with Gasteiger partial charge in [0, 0.05) is 28.9 Å². The van der Waals surface area contributed by atoms with Crippen LogP contribution in [0.2, 0.25) is 0 Å². The van der Waals surface area contributed by atoms with Crippen LogP contribution in [0.5, 0.6) is 11.5 Å². The van der Waals surface area contributed by atoms with Crippen LogP contribution >= 0.6 is 11.8 Å². The number of aliphatic hydroxyl groups excluding tert-OH is 1. The van der Waals surface area contributed by atoms with Crippen molar-refractivity contribution in [3.05, 3.63) is 72.3 Å². The lowest BCUT2D eigenvalue weighted by molar-refractivity contribution is 0.105. The number of aliphatic hydroxyl groups is 1. The first-order valence-electron chi connectivity index (χ1n) is 10.1. The Morgan fingerprint density at radius 2 is 1.77 bits per heavy atom. The molecule has 3 aromatic rings. The molecular formula is C24H26N2O3S. The molecule has 30 heavy (non-hydrogen) atoms. The highest BCUT2D eigenvalue weighted by molar-refractivity contribution is 7.99. The largest absolute Gasteiger partial charge is 0.492 e. The van der Waals surface area contributed by atoms with Crippen LogP contribution in [0.25, 0.3) is 0 Å². The summed E-state index contributed by atoms with van der Waals surface area (Å²) in [4.78, 5) is 2.38. The van der Waals surface area contributed by atoms with Gasteiger partial charge in [-0.25, -0.2) is 0 Å². The van der Waals surface area contributed by atoms with Crippen molar-refractivity contribution in [1.82, 2.24) is 5.32 Å². The molecule has 156 valence electrons. The lowest BCUT2D eigenvalue weighted by Crippen LogP contribution is -2.33. The van der Waals surface area contributed by atoms with E-state index in [1.165, 1.54) is 4.90 Å². The van der Waals surface area contributed by atoms with E-state index < -0.39 is 6.10 Å². The van der Waals surface area contributed by atoms with Gasteiger partial charge in [0.1, 0.15) is 30.8 Å². The number of fused-ring (bicyclic) bond motifs is 2. The van der Waals surface area contributed by atoms with Gasteiger partial charge in [0.2, 0.25) is 0 Å². The monoisotopic (exact) mass is 422 g/mol. The van der Waals surface area contributed by atoms with Crippen LogP contribution in [0.15, 0.2) is 76.5 Å². The predicted octanol–water partition coefficient (Wildman–Crippen LogP) is 4.61. The number of nitrogens with one attached hydrogen (secondary N) is 2. The van der Waals surface area contributed by atoms with E-state index in [0.29, 0.717) is 19.7 Å². The van der Waals surface area contributed by atoms with Crippen molar-refractivity contribution in [2.24, 2.45) is 0 Å². The lowest BCUT2D eigenvalue weighted by Gasteiger charge is -2.21. The molecule has 0 aromatic heterocycles. The van der Waals surface area contributed by atoms with Gasteiger partial charge in [0.25, 0.3) is 0 Å². The zero-order valence-electron chi connectivity index (χ0n) is 16.9. The minimum atomic E-state index is -0.595. The Kier molecular flexibility index (Phi) is 6.79. The van der Waals surface area contributed by atoms with Gasteiger partial charge in [-0.15, -0.1) is 0 Å². The second kappa shape index (κ2) is 9.89. The van der Waals surface area contributed by atoms with Crippen LogP contribution in [0.4, 0.5) is 11.4 Å². The van der Waals surface area contributed by atoms with Gasteiger partial charge in [-0.1, -0.05) is 42.1 Å². The molecule has 4 rings (SSSR count). The zero-order chi connectivity index (χ0) is 20.8. The molecule has 3 N–H and O–H groups in total. The van der Waals surface area contributed by atoms with E-state index in [1.54, 1.807) is 11.8 Å². The maximum absolute atomic E-state index is 10.2. The summed E-state index contributed by atoms with van der Waals surface area (Å²) in [6.07, 6.45) is -0.595. The topological polar surface area (TPSA) is 62.8 Å². The molecule has 3 aromatic carbocycles. The fraction of sp³-hybridized carbons (Fsp3) is 0.250. The Labute approximate surface area is 181 Å². The van der Waals surface area contributed by atoms with Gasteiger partial charge in [0.05, 0.1) is 11.4 Å². The highest BCUT2D eigenvalue weighted by Gasteiger charge is 2.16. The van der Waals surface area contributed by atoms with Gasteiger partial charge in [-0.3, -0.25) is 0 Å². The van der Waals surface area contributed by atoms with Crippen LogP contribution in [0.3, 0.4) is 0 Å². The first-order valence-corrected chi connectivity index (χ1v) is 10.9. The summed E-state index contributed by atoms with van der Waals surface area (Å²) >= 11 is 1.74. The Morgan fingerprint density at radius 1 is 0.967 bits per heavy atom.